The fourth-order valence-corrected chi connectivity index (χ4v) is 2.48. The molecule has 0 aromatic heterocycles. The van der Waals surface area contributed by atoms with Crippen molar-refractivity contribution in [1.82, 2.24) is 0 Å². The van der Waals surface area contributed by atoms with Gasteiger partial charge in [0.1, 0.15) is 0 Å². The monoisotopic (exact) mass is 216 g/mol. The average molecular weight is 218 g/mol. The third-order valence-electron chi connectivity index (χ3n) is 1.23. The Balaban J connectivity index is 4.12. The molecule has 2 unspecified atom stereocenters. The molecule has 0 aliphatic heterocycles. The molecule has 0 aromatic rings. The van der Waals surface area contributed by atoms with Gasteiger partial charge in [-0.3, -0.25) is 0 Å². The van der Waals surface area contributed by atoms with Crippen LogP contribution in [-0.2, 0) is 0 Å². The topological polar surface area (TPSA) is 0 Å². The van der Waals surface area contributed by atoms with Crippen molar-refractivity contribution >= 4 is 45.0 Å². The predicted octanol–water partition coefficient (Wildman–Crippen LogP) is 1.71. The van der Waals surface area contributed by atoms with Gasteiger partial charge in [0.15, 0.2) is 0 Å². The zero-order chi connectivity index (χ0) is 8.15. The fraction of sp³-hybridized carbons (Fsp3) is 0.667. The summed E-state index contributed by atoms with van der Waals surface area (Å²) in [5.74, 6) is 0.498. The number of rotatable bonds is 3. The lowest BCUT2D eigenvalue weighted by Crippen LogP contribution is -2.10. The van der Waals surface area contributed by atoms with Gasteiger partial charge >= 0.3 is 0 Å². The molecule has 0 fully saturated rings. The first-order chi connectivity index (χ1) is 4.59. The van der Waals surface area contributed by atoms with Crippen molar-refractivity contribution in [1.29, 1.82) is 0 Å². The third kappa shape index (κ3) is 3.87. The molecule has 0 bridgehead atoms. The Kier molecular flexibility index (Phi) is 5.93. The Hall–Kier alpha value is 0.827. The summed E-state index contributed by atoms with van der Waals surface area (Å²) in [5.41, 5.74) is 1.06. The van der Waals surface area contributed by atoms with Crippen LogP contribution in [0.25, 0.3) is 0 Å². The molecule has 0 heterocycles. The zero-order valence-electron chi connectivity index (χ0n) is 6.07. The summed E-state index contributed by atoms with van der Waals surface area (Å²) in [6, 6.07) is 0. The van der Waals surface area contributed by atoms with Crippen LogP contribution in [0.2, 0.25) is 0 Å². The summed E-state index contributed by atoms with van der Waals surface area (Å²) in [4.78, 5) is 0. The normalized spacial score (nSPS) is 19.0. The van der Waals surface area contributed by atoms with Crippen LogP contribution in [0.4, 0.5) is 0 Å². The van der Waals surface area contributed by atoms with E-state index < -0.39 is 0 Å². The van der Waals surface area contributed by atoms with Crippen LogP contribution in [0.3, 0.4) is 0 Å². The second-order valence-corrected chi connectivity index (χ2v) is 5.60. The molecule has 0 aromatic carbocycles. The summed E-state index contributed by atoms with van der Waals surface area (Å²) in [5, 5.41) is 0.130. The van der Waals surface area contributed by atoms with Crippen LogP contribution >= 0.6 is 34.8 Å². The minimum absolute atomic E-state index is 0.0127. The lowest BCUT2D eigenvalue weighted by Gasteiger charge is -2.10. The van der Waals surface area contributed by atoms with Gasteiger partial charge in [0, 0.05) is 21.1 Å². The molecule has 0 saturated heterocycles. The van der Waals surface area contributed by atoms with E-state index in [2.05, 4.69) is 0 Å². The Morgan fingerprint density at radius 3 is 2.20 bits per heavy atom. The average Bonchev–Trinajstić information content (AvgIpc) is 1.81. The highest BCUT2D eigenvalue weighted by molar-refractivity contribution is 6.43. The van der Waals surface area contributed by atoms with Crippen LogP contribution in [-0.4, -0.2) is 26.5 Å². The van der Waals surface area contributed by atoms with Crippen molar-refractivity contribution in [3.63, 3.8) is 0 Å². The number of hydrogen-bond donors (Lipinski definition) is 0. The maximum atomic E-state index is 5.87. The first-order valence-electron chi connectivity index (χ1n) is 3.13. The van der Waals surface area contributed by atoms with Crippen molar-refractivity contribution in [2.24, 2.45) is 0 Å². The van der Waals surface area contributed by atoms with E-state index in [1.807, 2.05) is 13.0 Å². The van der Waals surface area contributed by atoms with Gasteiger partial charge in [-0.25, -0.2) is 0 Å². The van der Waals surface area contributed by atoms with E-state index in [0.29, 0.717) is 5.88 Å². The number of allylic oxidation sites excluding steroid dienone is 2. The molecular weight excluding hydrogens is 207 g/mol. The van der Waals surface area contributed by atoms with E-state index in [9.17, 15) is 0 Å². The molecule has 0 saturated carbocycles. The third-order valence-corrected chi connectivity index (χ3v) is 2.56. The van der Waals surface area contributed by atoms with E-state index in [-0.39, 0.29) is 10.4 Å². The van der Waals surface area contributed by atoms with E-state index in [4.69, 9.17) is 34.8 Å². The van der Waals surface area contributed by atoms with Crippen molar-refractivity contribution < 1.29 is 0 Å². The Labute approximate surface area is 80.0 Å². The number of halogens is 3. The largest absolute Gasteiger partial charge is 0.123 e. The summed E-state index contributed by atoms with van der Waals surface area (Å²) in [6.45, 7) is 1.91. The molecule has 0 aliphatic carbocycles. The maximum absolute atomic E-state index is 5.87. The Morgan fingerprint density at radius 1 is 1.60 bits per heavy atom. The standard InChI is InChI=1S/C6H11Cl3Si/c1-4(8)5(2-3-7)6(9)10/h2,4,6H,3H2,1,10H3. The molecule has 0 radical (unpaired) electrons. The molecule has 4 heteroatoms. The van der Waals surface area contributed by atoms with Crippen molar-refractivity contribution in [2.75, 3.05) is 5.88 Å². The van der Waals surface area contributed by atoms with Crippen molar-refractivity contribution in [2.45, 2.75) is 17.3 Å². The Bertz CT molecular complexity index is 110. The summed E-state index contributed by atoms with van der Waals surface area (Å²) >= 11 is 17.2. The molecule has 0 rings (SSSR count). The molecule has 0 N–H and O–H groups in total. The van der Waals surface area contributed by atoms with E-state index in [1.165, 1.54) is 0 Å². The highest BCUT2D eigenvalue weighted by Crippen LogP contribution is 2.16. The van der Waals surface area contributed by atoms with E-state index in [0.717, 1.165) is 15.8 Å². The van der Waals surface area contributed by atoms with Gasteiger partial charge in [0.05, 0.1) is 5.38 Å². The van der Waals surface area contributed by atoms with Gasteiger partial charge in [-0.15, -0.1) is 34.8 Å². The van der Waals surface area contributed by atoms with Gasteiger partial charge in [0.2, 0.25) is 0 Å². The number of alkyl halides is 3. The summed E-state index contributed by atoms with van der Waals surface area (Å²) in [6.07, 6.45) is 1.89. The van der Waals surface area contributed by atoms with Crippen molar-refractivity contribution in [3.05, 3.63) is 11.6 Å². The molecule has 0 amide bonds. The summed E-state index contributed by atoms with van der Waals surface area (Å²) < 4.78 is 0. The SMILES string of the molecule is CC(Cl)C(=CCCl)C([SiH3])Cl. The highest BCUT2D eigenvalue weighted by atomic mass is 35.5. The van der Waals surface area contributed by atoms with Crippen LogP contribution in [0, 0.1) is 0 Å². The minimum Gasteiger partial charge on any atom is -0.123 e. The van der Waals surface area contributed by atoms with Crippen LogP contribution < -0.4 is 0 Å². The molecular formula is C6H11Cl3Si. The van der Waals surface area contributed by atoms with Gasteiger partial charge in [-0.2, -0.15) is 0 Å². The first-order valence-corrected chi connectivity index (χ1v) is 5.69. The molecule has 0 nitrogen and oxygen atoms in total. The minimum atomic E-state index is 0.0127. The zero-order valence-corrected chi connectivity index (χ0v) is 10.3. The van der Waals surface area contributed by atoms with Gasteiger partial charge < -0.3 is 0 Å². The molecule has 0 aliphatic rings. The van der Waals surface area contributed by atoms with E-state index >= 15 is 0 Å². The fourth-order valence-electron chi connectivity index (χ4n) is 0.730. The van der Waals surface area contributed by atoms with E-state index in [1.54, 1.807) is 0 Å². The maximum Gasteiger partial charge on any atom is 0.0528 e. The lowest BCUT2D eigenvalue weighted by molar-refractivity contribution is 1.08. The second-order valence-electron chi connectivity index (χ2n) is 2.09. The molecule has 0 spiro atoms. The Morgan fingerprint density at radius 2 is 2.10 bits per heavy atom. The second kappa shape index (κ2) is 5.47. The molecule has 2 atom stereocenters. The smallest absolute Gasteiger partial charge is 0.0528 e. The molecule has 60 valence electrons. The van der Waals surface area contributed by atoms with Crippen LogP contribution in [0.15, 0.2) is 11.6 Å². The van der Waals surface area contributed by atoms with Gasteiger partial charge in [-0.05, 0) is 12.5 Å². The van der Waals surface area contributed by atoms with Crippen molar-refractivity contribution in [3.8, 4) is 0 Å². The lowest BCUT2D eigenvalue weighted by atomic mass is 10.2. The van der Waals surface area contributed by atoms with Crippen LogP contribution in [0.1, 0.15) is 6.92 Å². The first kappa shape index (κ1) is 10.8. The molecule has 10 heavy (non-hydrogen) atoms. The quantitative estimate of drug-likeness (QED) is 0.384. The highest BCUT2D eigenvalue weighted by Gasteiger charge is 2.09. The summed E-state index contributed by atoms with van der Waals surface area (Å²) in [7, 11) is 0.918. The number of hydrogen-bond acceptors (Lipinski definition) is 0. The van der Waals surface area contributed by atoms with Gasteiger partial charge in [0.25, 0.3) is 0 Å². The predicted molar refractivity (Wildman–Crippen MR) is 53.7 cm³/mol. The van der Waals surface area contributed by atoms with Crippen LogP contribution in [0.5, 0.6) is 0 Å². The van der Waals surface area contributed by atoms with Gasteiger partial charge in [-0.1, -0.05) is 6.08 Å².